The van der Waals surface area contributed by atoms with Crippen LogP contribution in [-0.2, 0) is 6.54 Å². The van der Waals surface area contributed by atoms with Crippen LogP contribution < -0.4 is 5.73 Å². The van der Waals surface area contributed by atoms with Crippen molar-refractivity contribution in [2.45, 2.75) is 13.5 Å². The molecule has 0 aliphatic rings. The average Bonchev–Trinajstić information content (AvgIpc) is 2.75. The molecule has 3 nitrogen and oxygen atoms in total. The maximum Gasteiger partial charge on any atom is 0.141 e. The highest BCUT2D eigenvalue weighted by atomic mass is 35.5. The van der Waals surface area contributed by atoms with Gasteiger partial charge in [-0.05, 0) is 43.3 Å². The van der Waals surface area contributed by atoms with Crippen molar-refractivity contribution in [2.75, 3.05) is 5.73 Å². The zero-order valence-electron chi connectivity index (χ0n) is 10.9. The number of benzene rings is 2. The molecule has 0 radical (unpaired) electrons. The number of nitrogens with two attached hydrogens (primary N) is 1. The Kier molecular flexibility index (Phi) is 3.32. The van der Waals surface area contributed by atoms with Gasteiger partial charge in [-0.3, -0.25) is 0 Å². The smallest absolute Gasteiger partial charge is 0.141 e. The van der Waals surface area contributed by atoms with Crippen LogP contribution in [-0.4, -0.2) is 9.55 Å². The lowest BCUT2D eigenvalue weighted by molar-refractivity contribution is 0.796. The van der Waals surface area contributed by atoms with Crippen LogP contribution in [0.3, 0.4) is 0 Å². The molecule has 3 rings (SSSR count). The standard InChI is InChI=1S/C15H13Cl2N3/c1-2-20-14-4-3-10(16)8-13(14)19-15(20)9-5-11(17)7-12(18)6-9/h3-8H,2,18H2,1H3. The number of aryl methyl sites for hydroxylation is 1. The lowest BCUT2D eigenvalue weighted by Gasteiger charge is -2.07. The Labute approximate surface area is 126 Å². The van der Waals surface area contributed by atoms with E-state index in [1.165, 1.54) is 0 Å². The van der Waals surface area contributed by atoms with E-state index in [1.54, 1.807) is 6.07 Å². The van der Waals surface area contributed by atoms with Gasteiger partial charge in [0, 0.05) is 27.8 Å². The summed E-state index contributed by atoms with van der Waals surface area (Å²) in [6.07, 6.45) is 0. The molecule has 2 aromatic carbocycles. The normalized spacial score (nSPS) is 11.2. The Morgan fingerprint density at radius 3 is 2.60 bits per heavy atom. The largest absolute Gasteiger partial charge is 0.399 e. The topological polar surface area (TPSA) is 43.8 Å². The Morgan fingerprint density at radius 1 is 1.10 bits per heavy atom. The Bertz CT molecular complexity index is 773. The highest BCUT2D eigenvalue weighted by Gasteiger charge is 2.12. The summed E-state index contributed by atoms with van der Waals surface area (Å²) >= 11 is 12.1. The third-order valence-electron chi connectivity index (χ3n) is 3.20. The SMILES string of the molecule is CCn1c(-c2cc(N)cc(Cl)c2)nc2cc(Cl)ccc21. The maximum absolute atomic E-state index is 6.08. The third kappa shape index (κ3) is 2.23. The molecule has 0 bridgehead atoms. The Balaban J connectivity index is 2.29. The number of nitrogens with zero attached hydrogens (tertiary/aromatic N) is 2. The van der Waals surface area contributed by atoms with Crippen molar-refractivity contribution in [1.29, 1.82) is 0 Å². The van der Waals surface area contributed by atoms with Crippen molar-refractivity contribution in [1.82, 2.24) is 9.55 Å². The van der Waals surface area contributed by atoms with Gasteiger partial charge in [-0.25, -0.2) is 4.98 Å². The molecule has 5 heteroatoms. The maximum atomic E-state index is 6.08. The van der Waals surface area contributed by atoms with Gasteiger partial charge in [-0.15, -0.1) is 0 Å². The molecule has 0 amide bonds. The second kappa shape index (κ2) is 5.00. The lowest BCUT2D eigenvalue weighted by Crippen LogP contribution is -1.98. The van der Waals surface area contributed by atoms with Crippen molar-refractivity contribution < 1.29 is 0 Å². The summed E-state index contributed by atoms with van der Waals surface area (Å²) in [4.78, 5) is 4.66. The van der Waals surface area contributed by atoms with E-state index in [0.29, 0.717) is 15.7 Å². The number of rotatable bonds is 2. The van der Waals surface area contributed by atoms with Gasteiger partial charge < -0.3 is 10.3 Å². The number of fused-ring (bicyclic) bond motifs is 1. The summed E-state index contributed by atoms with van der Waals surface area (Å²) < 4.78 is 2.12. The van der Waals surface area contributed by atoms with Crippen LogP contribution in [0.1, 0.15) is 6.92 Å². The predicted molar refractivity (Wildman–Crippen MR) is 85.3 cm³/mol. The third-order valence-corrected chi connectivity index (χ3v) is 3.66. The first-order valence-electron chi connectivity index (χ1n) is 6.30. The number of imidazole rings is 1. The molecule has 0 saturated heterocycles. The van der Waals surface area contributed by atoms with Crippen molar-refractivity contribution in [3.05, 3.63) is 46.4 Å². The zero-order valence-corrected chi connectivity index (χ0v) is 12.4. The first-order valence-corrected chi connectivity index (χ1v) is 7.06. The molecule has 0 unspecified atom stereocenters. The molecule has 20 heavy (non-hydrogen) atoms. The molecule has 0 fully saturated rings. The monoisotopic (exact) mass is 305 g/mol. The van der Waals surface area contributed by atoms with E-state index in [2.05, 4.69) is 16.5 Å². The number of hydrogen-bond donors (Lipinski definition) is 1. The van der Waals surface area contributed by atoms with Crippen molar-refractivity contribution >= 4 is 39.9 Å². The van der Waals surface area contributed by atoms with E-state index in [4.69, 9.17) is 28.9 Å². The van der Waals surface area contributed by atoms with E-state index < -0.39 is 0 Å². The second-order valence-electron chi connectivity index (χ2n) is 4.59. The van der Waals surface area contributed by atoms with Crippen molar-refractivity contribution in [3.8, 4) is 11.4 Å². The van der Waals surface area contributed by atoms with Gasteiger partial charge in [-0.1, -0.05) is 23.2 Å². The van der Waals surface area contributed by atoms with Crippen LogP contribution in [0.5, 0.6) is 0 Å². The van der Waals surface area contributed by atoms with Gasteiger partial charge in [0.2, 0.25) is 0 Å². The molecule has 1 heterocycles. The van der Waals surface area contributed by atoms with Gasteiger partial charge in [0.25, 0.3) is 0 Å². The predicted octanol–water partition coefficient (Wildman–Crippen LogP) is 4.61. The highest BCUT2D eigenvalue weighted by Crippen LogP contribution is 2.29. The summed E-state index contributed by atoms with van der Waals surface area (Å²) in [5.41, 5.74) is 9.31. The second-order valence-corrected chi connectivity index (χ2v) is 5.46. The van der Waals surface area contributed by atoms with Crippen molar-refractivity contribution in [2.24, 2.45) is 0 Å². The fourth-order valence-electron chi connectivity index (χ4n) is 2.38. The summed E-state index contributed by atoms with van der Waals surface area (Å²) in [5, 5.41) is 1.28. The molecule has 0 atom stereocenters. The number of nitrogen functional groups attached to an aromatic ring is 1. The Hall–Kier alpha value is -1.71. The van der Waals surface area contributed by atoms with Crippen LogP contribution >= 0.6 is 23.2 Å². The molecular formula is C15H13Cl2N3. The van der Waals surface area contributed by atoms with Crippen molar-refractivity contribution in [3.63, 3.8) is 0 Å². The van der Waals surface area contributed by atoms with E-state index in [1.807, 2.05) is 30.3 Å². The van der Waals surface area contributed by atoms with E-state index in [-0.39, 0.29) is 0 Å². The molecule has 3 aromatic rings. The minimum Gasteiger partial charge on any atom is -0.399 e. The van der Waals surface area contributed by atoms with E-state index in [9.17, 15) is 0 Å². The van der Waals surface area contributed by atoms with Gasteiger partial charge in [0.15, 0.2) is 0 Å². The fourth-order valence-corrected chi connectivity index (χ4v) is 2.79. The van der Waals surface area contributed by atoms with E-state index >= 15 is 0 Å². The van der Waals surface area contributed by atoms with Crippen LogP contribution in [0, 0.1) is 0 Å². The molecule has 2 N–H and O–H groups in total. The first-order chi connectivity index (χ1) is 9.58. The van der Waals surface area contributed by atoms with Crippen LogP contribution in [0.15, 0.2) is 36.4 Å². The molecule has 0 spiro atoms. The molecule has 0 aliphatic carbocycles. The van der Waals surface area contributed by atoms with Gasteiger partial charge in [-0.2, -0.15) is 0 Å². The zero-order chi connectivity index (χ0) is 14.3. The fraction of sp³-hybridized carbons (Fsp3) is 0.133. The number of aromatic nitrogens is 2. The van der Waals surface area contributed by atoms with Gasteiger partial charge in [0.1, 0.15) is 5.82 Å². The minimum absolute atomic E-state index is 0.604. The molecular weight excluding hydrogens is 293 g/mol. The quantitative estimate of drug-likeness (QED) is 0.702. The van der Waals surface area contributed by atoms with E-state index in [0.717, 1.165) is 29.0 Å². The summed E-state index contributed by atoms with van der Waals surface area (Å²) in [6, 6.07) is 11.2. The highest BCUT2D eigenvalue weighted by molar-refractivity contribution is 6.31. The number of anilines is 1. The van der Waals surface area contributed by atoms with Crippen LogP contribution in [0.2, 0.25) is 10.0 Å². The van der Waals surface area contributed by atoms with Gasteiger partial charge in [0.05, 0.1) is 11.0 Å². The summed E-state index contributed by atoms with van der Waals surface area (Å²) in [5.74, 6) is 0.846. The van der Waals surface area contributed by atoms with Gasteiger partial charge >= 0.3 is 0 Å². The van der Waals surface area contributed by atoms with Crippen LogP contribution in [0.4, 0.5) is 5.69 Å². The summed E-state index contributed by atoms with van der Waals surface area (Å²) in [6.45, 7) is 2.88. The molecule has 102 valence electrons. The molecule has 0 aliphatic heterocycles. The first kappa shape index (κ1) is 13.3. The number of halogens is 2. The lowest BCUT2D eigenvalue weighted by atomic mass is 10.2. The minimum atomic E-state index is 0.604. The number of hydrogen-bond acceptors (Lipinski definition) is 2. The summed E-state index contributed by atoms with van der Waals surface area (Å²) in [7, 11) is 0. The van der Waals surface area contributed by atoms with Crippen LogP contribution in [0.25, 0.3) is 22.4 Å². The Morgan fingerprint density at radius 2 is 1.90 bits per heavy atom. The molecule has 1 aromatic heterocycles. The average molecular weight is 306 g/mol. The molecule has 0 saturated carbocycles.